The molecule has 0 unspecified atom stereocenters. The van der Waals surface area contributed by atoms with Gasteiger partial charge in [-0.15, -0.1) is 12.4 Å². The molecule has 0 saturated carbocycles. The van der Waals surface area contributed by atoms with Crippen LogP contribution < -0.4 is 17.2 Å². The summed E-state index contributed by atoms with van der Waals surface area (Å²) in [5, 5.41) is 0. The SMILES string of the molecule is Cl.NC(N)=NC(N)=Nc1ccc(F)cc1Br. The lowest BCUT2D eigenvalue weighted by atomic mass is 10.3. The van der Waals surface area contributed by atoms with E-state index in [9.17, 15) is 4.39 Å². The Kier molecular flexibility index (Phi) is 5.76. The lowest BCUT2D eigenvalue weighted by Gasteiger charge is -1.99. The van der Waals surface area contributed by atoms with Crippen LogP contribution in [0.4, 0.5) is 10.1 Å². The predicted molar refractivity (Wildman–Crippen MR) is 68.4 cm³/mol. The number of guanidine groups is 2. The Morgan fingerprint density at radius 1 is 1.25 bits per heavy atom. The summed E-state index contributed by atoms with van der Waals surface area (Å²) in [7, 11) is 0. The summed E-state index contributed by atoms with van der Waals surface area (Å²) in [6.07, 6.45) is 0. The van der Waals surface area contributed by atoms with Crippen LogP contribution in [0.1, 0.15) is 0 Å². The molecule has 0 heterocycles. The van der Waals surface area contributed by atoms with Gasteiger partial charge in [0.05, 0.1) is 5.69 Å². The van der Waals surface area contributed by atoms with E-state index < -0.39 is 0 Å². The second-order valence-electron chi connectivity index (χ2n) is 2.60. The molecule has 0 spiro atoms. The van der Waals surface area contributed by atoms with Crippen molar-refractivity contribution in [2.75, 3.05) is 0 Å². The van der Waals surface area contributed by atoms with Crippen LogP contribution in [0.5, 0.6) is 0 Å². The fourth-order valence-corrected chi connectivity index (χ4v) is 1.29. The third-order valence-electron chi connectivity index (χ3n) is 1.39. The Hall–Kier alpha value is -1.34. The van der Waals surface area contributed by atoms with E-state index in [1.165, 1.54) is 18.2 Å². The van der Waals surface area contributed by atoms with E-state index in [2.05, 4.69) is 25.9 Å². The smallest absolute Gasteiger partial charge is 0.223 e. The van der Waals surface area contributed by atoms with Crippen molar-refractivity contribution in [3.8, 4) is 0 Å². The molecule has 0 radical (unpaired) electrons. The maximum Gasteiger partial charge on any atom is 0.223 e. The van der Waals surface area contributed by atoms with E-state index in [0.29, 0.717) is 10.2 Å². The Morgan fingerprint density at radius 2 is 1.88 bits per heavy atom. The van der Waals surface area contributed by atoms with E-state index in [1.807, 2.05) is 0 Å². The van der Waals surface area contributed by atoms with Gasteiger partial charge in [0.1, 0.15) is 5.82 Å². The number of benzene rings is 1. The Bertz CT molecular complexity index is 430. The van der Waals surface area contributed by atoms with E-state index >= 15 is 0 Å². The standard InChI is InChI=1S/C8H9BrFN5.ClH/c9-5-3-4(10)1-2-6(5)14-8(13)15-7(11)12;/h1-3H,(H6,11,12,13,14,15);1H. The predicted octanol–water partition coefficient (Wildman–Crippen LogP) is 1.23. The molecule has 0 bridgehead atoms. The number of nitrogens with two attached hydrogens (primary N) is 3. The monoisotopic (exact) mass is 309 g/mol. The molecular formula is C8H10BrClFN5. The first-order valence-electron chi connectivity index (χ1n) is 3.88. The normalized spacial score (nSPS) is 10.5. The molecule has 0 saturated heterocycles. The van der Waals surface area contributed by atoms with Gasteiger partial charge >= 0.3 is 0 Å². The fraction of sp³-hybridized carbons (Fsp3) is 0. The minimum atomic E-state index is -0.374. The number of nitrogens with zero attached hydrogens (tertiary/aromatic N) is 2. The van der Waals surface area contributed by atoms with Gasteiger partial charge < -0.3 is 17.2 Å². The van der Waals surface area contributed by atoms with Crippen molar-refractivity contribution in [2.45, 2.75) is 0 Å². The average Bonchev–Trinajstić information content (AvgIpc) is 2.08. The van der Waals surface area contributed by atoms with Gasteiger partial charge in [-0.05, 0) is 34.1 Å². The van der Waals surface area contributed by atoms with Crippen LogP contribution in [0.2, 0.25) is 0 Å². The van der Waals surface area contributed by atoms with Crippen LogP contribution >= 0.6 is 28.3 Å². The zero-order chi connectivity index (χ0) is 11.4. The molecule has 88 valence electrons. The summed E-state index contributed by atoms with van der Waals surface area (Å²) in [5.74, 6) is -0.655. The van der Waals surface area contributed by atoms with Crippen LogP contribution in [-0.2, 0) is 0 Å². The maximum atomic E-state index is 12.7. The minimum Gasteiger partial charge on any atom is -0.370 e. The molecule has 6 N–H and O–H groups in total. The topological polar surface area (TPSA) is 103 Å². The Labute approximate surface area is 106 Å². The highest BCUT2D eigenvalue weighted by atomic mass is 79.9. The molecule has 16 heavy (non-hydrogen) atoms. The molecule has 0 amide bonds. The molecule has 0 atom stereocenters. The average molecular weight is 311 g/mol. The first-order valence-corrected chi connectivity index (χ1v) is 4.67. The molecule has 0 fully saturated rings. The van der Waals surface area contributed by atoms with Gasteiger partial charge in [-0.3, -0.25) is 0 Å². The first-order chi connectivity index (χ1) is 6.99. The fourth-order valence-electron chi connectivity index (χ4n) is 0.853. The van der Waals surface area contributed by atoms with Crippen molar-refractivity contribution in [2.24, 2.45) is 27.2 Å². The summed E-state index contributed by atoms with van der Waals surface area (Å²) in [5.41, 5.74) is 16.1. The first kappa shape index (κ1) is 14.7. The highest BCUT2D eigenvalue weighted by molar-refractivity contribution is 9.10. The van der Waals surface area contributed by atoms with Crippen LogP contribution in [0.25, 0.3) is 0 Å². The zero-order valence-electron chi connectivity index (χ0n) is 8.02. The molecule has 1 aromatic carbocycles. The number of rotatable bonds is 1. The Morgan fingerprint density at radius 3 is 2.38 bits per heavy atom. The third-order valence-corrected chi connectivity index (χ3v) is 2.02. The number of hydrogen-bond donors (Lipinski definition) is 3. The van der Waals surface area contributed by atoms with Gasteiger partial charge in [-0.1, -0.05) is 0 Å². The van der Waals surface area contributed by atoms with Gasteiger partial charge in [0, 0.05) is 4.47 Å². The molecule has 0 aliphatic rings. The summed E-state index contributed by atoms with van der Waals surface area (Å²) >= 11 is 3.13. The van der Waals surface area contributed by atoms with Crippen molar-refractivity contribution in [3.63, 3.8) is 0 Å². The van der Waals surface area contributed by atoms with Gasteiger partial charge in [0.25, 0.3) is 0 Å². The number of hydrogen-bond acceptors (Lipinski definition) is 1. The second kappa shape index (κ2) is 6.29. The molecule has 0 aliphatic carbocycles. The summed E-state index contributed by atoms with van der Waals surface area (Å²) < 4.78 is 13.2. The minimum absolute atomic E-state index is 0. The van der Waals surface area contributed by atoms with Crippen LogP contribution in [0.3, 0.4) is 0 Å². The zero-order valence-corrected chi connectivity index (χ0v) is 10.4. The van der Waals surface area contributed by atoms with E-state index in [-0.39, 0.29) is 30.1 Å². The van der Waals surface area contributed by atoms with Crippen LogP contribution in [0, 0.1) is 5.82 Å². The summed E-state index contributed by atoms with van der Waals surface area (Å²) in [4.78, 5) is 7.39. The van der Waals surface area contributed by atoms with Crippen molar-refractivity contribution in [3.05, 3.63) is 28.5 Å². The van der Waals surface area contributed by atoms with Gasteiger partial charge in [0.2, 0.25) is 5.96 Å². The highest BCUT2D eigenvalue weighted by Crippen LogP contribution is 2.25. The van der Waals surface area contributed by atoms with E-state index in [1.54, 1.807) is 0 Å². The number of halogens is 3. The van der Waals surface area contributed by atoms with E-state index in [0.717, 1.165) is 0 Å². The lowest BCUT2D eigenvalue weighted by molar-refractivity contribution is 0.627. The highest BCUT2D eigenvalue weighted by Gasteiger charge is 2.00. The van der Waals surface area contributed by atoms with E-state index in [4.69, 9.17) is 17.2 Å². The molecule has 5 nitrogen and oxygen atoms in total. The molecular weight excluding hydrogens is 300 g/mol. The summed E-state index contributed by atoms with van der Waals surface area (Å²) in [6, 6.07) is 3.97. The largest absolute Gasteiger partial charge is 0.370 e. The third kappa shape index (κ3) is 4.45. The molecule has 0 aliphatic heterocycles. The summed E-state index contributed by atoms with van der Waals surface area (Å²) in [6.45, 7) is 0. The van der Waals surface area contributed by atoms with Gasteiger partial charge in [0.15, 0.2) is 5.96 Å². The lowest BCUT2D eigenvalue weighted by Crippen LogP contribution is -2.26. The van der Waals surface area contributed by atoms with Gasteiger partial charge in [-0.2, -0.15) is 4.99 Å². The quantitative estimate of drug-likeness (QED) is 0.537. The number of aliphatic imine (C=N–C) groups is 2. The van der Waals surface area contributed by atoms with Crippen molar-refractivity contribution in [1.82, 2.24) is 0 Å². The molecule has 1 aromatic rings. The van der Waals surface area contributed by atoms with Crippen molar-refractivity contribution >= 4 is 45.9 Å². The van der Waals surface area contributed by atoms with Crippen LogP contribution in [0.15, 0.2) is 32.7 Å². The second-order valence-corrected chi connectivity index (χ2v) is 3.46. The maximum absolute atomic E-state index is 12.7. The van der Waals surface area contributed by atoms with Crippen molar-refractivity contribution in [1.29, 1.82) is 0 Å². The van der Waals surface area contributed by atoms with Gasteiger partial charge in [-0.25, -0.2) is 9.38 Å². The Balaban J connectivity index is 0.00000225. The molecule has 8 heteroatoms. The van der Waals surface area contributed by atoms with Crippen molar-refractivity contribution < 1.29 is 4.39 Å². The van der Waals surface area contributed by atoms with Crippen LogP contribution in [-0.4, -0.2) is 11.9 Å². The molecule has 1 rings (SSSR count). The molecule has 0 aromatic heterocycles.